The van der Waals surface area contributed by atoms with Gasteiger partial charge in [-0.3, -0.25) is 10.1 Å². The molecule has 68 valence electrons. The van der Waals surface area contributed by atoms with Crippen LogP contribution in [0.25, 0.3) is 0 Å². The molecule has 0 saturated carbocycles. The van der Waals surface area contributed by atoms with Gasteiger partial charge in [-0.05, 0) is 17.7 Å². The number of carboxylic acids is 1. The number of carboxylic acid groups (broad SMARTS) is 1. The first-order valence-electron chi connectivity index (χ1n) is 3.27. The van der Waals surface area contributed by atoms with Crippen LogP contribution in [0.15, 0.2) is 18.2 Å². The van der Waals surface area contributed by atoms with Gasteiger partial charge in [0.1, 0.15) is 5.69 Å². The molecule has 0 saturated heterocycles. The minimum absolute atomic E-state index is 0. The summed E-state index contributed by atoms with van der Waals surface area (Å²) < 4.78 is 0. The summed E-state index contributed by atoms with van der Waals surface area (Å²) in [5, 5.41) is 20.6. The van der Waals surface area contributed by atoms with Crippen molar-refractivity contribution in [3.05, 3.63) is 33.9 Å². The van der Waals surface area contributed by atoms with Crippen LogP contribution in [0, 0.1) is 10.1 Å². The summed E-state index contributed by atoms with van der Waals surface area (Å²) in [5.41, 5.74) is 4.55. The summed E-state index contributed by atoms with van der Waals surface area (Å²) in [6.07, 6.45) is 0. The maximum absolute atomic E-state index is 10.3. The molecule has 14 heavy (non-hydrogen) atoms. The van der Waals surface area contributed by atoms with E-state index in [1.807, 2.05) is 0 Å². The third-order valence-electron chi connectivity index (χ3n) is 1.46. The maximum atomic E-state index is 10.3. The average Bonchev–Trinajstić information content (AvgIpc) is 2.03. The van der Waals surface area contributed by atoms with Gasteiger partial charge in [-0.2, -0.15) is 0 Å². The number of nitro benzene ring substituents is 1. The molecule has 0 spiro atoms. The molecule has 0 aliphatic heterocycles. The van der Waals surface area contributed by atoms with E-state index in [1.165, 1.54) is 0 Å². The number of carbonyl (C=O) groups is 1. The van der Waals surface area contributed by atoms with E-state index >= 15 is 0 Å². The smallest absolute Gasteiger partial charge is 0.545 e. The number of nitro groups is 1. The predicted octanol–water partition coefficient (Wildman–Crippen LogP) is -3.46. The second-order valence-electron chi connectivity index (χ2n) is 2.32. The molecule has 0 fully saturated rings. The number of rotatable bonds is 2. The van der Waals surface area contributed by atoms with E-state index < -0.39 is 10.9 Å². The SMILES string of the molecule is Nc1cc(C(=O)[O-])ccc1[N+](=O)[O-].[K+]. The van der Waals surface area contributed by atoms with Crippen LogP contribution in [0.2, 0.25) is 0 Å². The van der Waals surface area contributed by atoms with Gasteiger partial charge < -0.3 is 15.6 Å². The van der Waals surface area contributed by atoms with Crippen LogP contribution < -0.4 is 62.2 Å². The number of benzene rings is 1. The molecule has 6 nitrogen and oxygen atoms in total. The zero-order chi connectivity index (χ0) is 10.0. The van der Waals surface area contributed by atoms with Crippen molar-refractivity contribution >= 4 is 17.3 Å². The van der Waals surface area contributed by atoms with Crippen LogP contribution >= 0.6 is 0 Å². The molecule has 2 N–H and O–H groups in total. The van der Waals surface area contributed by atoms with E-state index in [-0.39, 0.29) is 68.3 Å². The number of nitrogen functional groups attached to an aromatic ring is 1. The maximum Gasteiger partial charge on any atom is 1.00 e. The van der Waals surface area contributed by atoms with E-state index in [2.05, 4.69) is 0 Å². The molecule has 0 atom stereocenters. The van der Waals surface area contributed by atoms with E-state index in [1.54, 1.807) is 0 Å². The Bertz CT molecular complexity index is 380. The third kappa shape index (κ3) is 3.03. The van der Waals surface area contributed by atoms with E-state index in [9.17, 15) is 20.0 Å². The Balaban J connectivity index is 0.00000169. The Morgan fingerprint density at radius 3 is 2.36 bits per heavy atom. The summed E-state index contributed by atoms with van der Waals surface area (Å²) in [5.74, 6) is -1.42. The standard InChI is InChI=1S/C7H6N2O4.K/c8-5-3-4(7(10)11)1-2-6(5)9(12)13;/h1-3H,8H2,(H,10,11);/q;+1/p-1. The van der Waals surface area contributed by atoms with Crippen molar-refractivity contribution in [1.29, 1.82) is 0 Å². The van der Waals surface area contributed by atoms with Crippen LogP contribution in [-0.4, -0.2) is 10.9 Å². The first kappa shape index (κ1) is 13.5. The molecule has 0 unspecified atom stereocenters. The van der Waals surface area contributed by atoms with Crippen molar-refractivity contribution in [3.63, 3.8) is 0 Å². The van der Waals surface area contributed by atoms with Gasteiger partial charge in [0.25, 0.3) is 5.69 Å². The van der Waals surface area contributed by atoms with Crippen LogP contribution in [0.1, 0.15) is 10.4 Å². The second-order valence-corrected chi connectivity index (χ2v) is 2.32. The minimum atomic E-state index is -1.42. The molecule has 0 aromatic heterocycles. The summed E-state index contributed by atoms with van der Waals surface area (Å²) in [6, 6.07) is 3.10. The number of nitrogens with zero attached hydrogens (tertiary/aromatic N) is 1. The monoisotopic (exact) mass is 220 g/mol. The minimum Gasteiger partial charge on any atom is -0.545 e. The van der Waals surface area contributed by atoms with Crippen molar-refractivity contribution in [1.82, 2.24) is 0 Å². The Hall–Kier alpha value is -0.474. The molecule has 1 aromatic rings. The summed E-state index contributed by atoms with van der Waals surface area (Å²) in [7, 11) is 0. The van der Waals surface area contributed by atoms with Crippen molar-refractivity contribution < 1.29 is 66.2 Å². The largest absolute Gasteiger partial charge is 1.00 e. The second kappa shape index (κ2) is 5.42. The topological polar surface area (TPSA) is 109 Å². The molecular formula is C7H5KN2O4. The number of aromatic carboxylic acids is 1. The van der Waals surface area contributed by atoms with Crippen molar-refractivity contribution in [3.8, 4) is 0 Å². The van der Waals surface area contributed by atoms with Crippen LogP contribution in [0.4, 0.5) is 11.4 Å². The fraction of sp³-hybridized carbons (Fsp3) is 0. The fourth-order valence-corrected chi connectivity index (χ4v) is 0.848. The number of anilines is 1. The molecule has 0 radical (unpaired) electrons. The Morgan fingerprint density at radius 2 is 2.00 bits per heavy atom. The third-order valence-corrected chi connectivity index (χ3v) is 1.46. The van der Waals surface area contributed by atoms with Gasteiger partial charge in [-0.25, -0.2) is 0 Å². The van der Waals surface area contributed by atoms with Crippen molar-refractivity contribution in [2.75, 3.05) is 5.73 Å². The molecule has 7 heteroatoms. The molecule has 1 rings (SSSR count). The summed E-state index contributed by atoms with van der Waals surface area (Å²) in [6.45, 7) is 0. The first-order valence-corrected chi connectivity index (χ1v) is 3.27. The molecule has 0 aliphatic carbocycles. The molecule has 0 aliphatic rings. The number of carbonyl (C=O) groups excluding carboxylic acids is 1. The van der Waals surface area contributed by atoms with Crippen LogP contribution in [0.3, 0.4) is 0 Å². The van der Waals surface area contributed by atoms with Crippen LogP contribution in [-0.2, 0) is 0 Å². The van der Waals surface area contributed by atoms with Gasteiger partial charge in [0, 0.05) is 6.07 Å². The predicted molar refractivity (Wildman–Crippen MR) is 41.8 cm³/mol. The van der Waals surface area contributed by atoms with Gasteiger partial charge in [0.05, 0.1) is 10.9 Å². The quantitative estimate of drug-likeness (QED) is 0.241. The normalized spacial score (nSPS) is 8.86. The molecule has 1 aromatic carbocycles. The average molecular weight is 220 g/mol. The van der Waals surface area contributed by atoms with Crippen molar-refractivity contribution in [2.45, 2.75) is 0 Å². The Morgan fingerprint density at radius 1 is 1.43 bits per heavy atom. The fourth-order valence-electron chi connectivity index (χ4n) is 0.848. The summed E-state index contributed by atoms with van der Waals surface area (Å²) in [4.78, 5) is 19.9. The number of hydrogen-bond acceptors (Lipinski definition) is 5. The number of nitrogens with two attached hydrogens (primary N) is 1. The Labute approximate surface area is 122 Å². The number of hydrogen-bond donors (Lipinski definition) is 1. The van der Waals surface area contributed by atoms with E-state index in [4.69, 9.17) is 5.73 Å². The Kier molecular flexibility index (Phi) is 5.23. The van der Waals surface area contributed by atoms with Gasteiger partial charge in [-0.15, -0.1) is 0 Å². The molecule has 0 bridgehead atoms. The molecular weight excluding hydrogens is 215 g/mol. The van der Waals surface area contributed by atoms with Crippen LogP contribution in [0.5, 0.6) is 0 Å². The van der Waals surface area contributed by atoms with E-state index in [0.717, 1.165) is 18.2 Å². The van der Waals surface area contributed by atoms with Gasteiger partial charge in [0.15, 0.2) is 0 Å². The molecule has 0 heterocycles. The van der Waals surface area contributed by atoms with Gasteiger partial charge in [-0.1, -0.05) is 0 Å². The van der Waals surface area contributed by atoms with E-state index in [0.29, 0.717) is 0 Å². The molecule has 0 amide bonds. The zero-order valence-electron chi connectivity index (χ0n) is 7.39. The summed E-state index contributed by atoms with van der Waals surface area (Å²) >= 11 is 0. The van der Waals surface area contributed by atoms with Gasteiger partial charge >= 0.3 is 51.4 Å². The first-order chi connectivity index (χ1) is 6.02. The van der Waals surface area contributed by atoms with Gasteiger partial charge in [0.2, 0.25) is 0 Å². The zero-order valence-corrected chi connectivity index (χ0v) is 10.5. The van der Waals surface area contributed by atoms with Crippen molar-refractivity contribution in [2.24, 2.45) is 0 Å².